The van der Waals surface area contributed by atoms with Crippen molar-refractivity contribution in [3.05, 3.63) is 32.1 Å². The summed E-state index contributed by atoms with van der Waals surface area (Å²) in [6.07, 6.45) is 0. The summed E-state index contributed by atoms with van der Waals surface area (Å²) < 4.78 is 13.2. The summed E-state index contributed by atoms with van der Waals surface area (Å²) in [5, 5.41) is 0.233. The number of benzene rings is 1. The number of carbonyl (C=O) groups is 1. The van der Waals surface area contributed by atoms with Crippen LogP contribution in [0, 0.1) is 9.39 Å². The maximum Gasteiger partial charge on any atom is 0.180 e. The van der Waals surface area contributed by atoms with Gasteiger partial charge in [0.05, 0.1) is 20.0 Å². The summed E-state index contributed by atoms with van der Waals surface area (Å²) in [5.41, 5.74) is 0.164. The van der Waals surface area contributed by atoms with Crippen molar-refractivity contribution < 1.29 is 9.18 Å². The smallest absolute Gasteiger partial charge is 0.180 e. The van der Waals surface area contributed by atoms with E-state index < -0.39 is 5.82 Å². The van der Waals surface area contributed by atoms with Crippen molar-refractivity contribution in [1.82, 2.24) is 0 Å². The maximum absolute atomic E-state index is 13.0. The van der Waals surface area contributed by atoms with Crippen molar-refractivity contribution in [1.29, 1.82) is 0 Å². The third-order valence-electron chi connectivity index (χ3n) is 1.44. The molecule has 0 aliphatic rings. The van der Waals surface area contributed by atoms with Crippen LogP contribution in [0.2, 0.25) is 5.02 Å². The molecule has 0 N–H and O–H groups in total. The van der Waals surface area contributed by atoms with E-state index in [0.717, 1.165) is 0 Å². The van der Waals surface area contributed by atoms with Crippen LogP contribution in [0.3, 0.4) is 0 Å². The standard InChI is InChI=1S/C8H4Cl2FIO/c9-3-6(13)7-4(10)1-2-5(11)8(7)12/h1-2H,3H2. The van der Waals surface area contributed by atoms with Gasteiger partial charge in [0.1, 0.15) is 5.82 Å². The van der Waals surface area contributed by atoms with Crippen LogP contribution in [0.1, 0.15) is 10.4 Å². The molecule has 0 saturated carbocycles. The first-order valence-electron chi connectivity index (χ1n) is 3.30. The first-order valence-corrected chi connectivity index (χ1v) is 5.29. The van der Waals surface area contributed by atoms with E-state index in [1.807, 2.05) is 0 Å². The molecule has 0 fully saturated rings. The molecule has 1 nitrogen and oxygen atoms in total. The summed E-state index contributed by atoms with van der Waals surface area (Å²) in [5.74, 6) is -1.02. The molecular formula is C8H4Cl2FIO. The molecule has 0 aliphatic heterocycles. The molecule has 0 aromatic heterocycles. The molecule has 0 saturated heterocycles. The zero-order valence-corrected chi connectivity index (χ0v) is 9.95. The van der Waals surface area contributed by atoms with Crippen LogP contribution in [-0.4, -0.2) is 11.7 Å². The lowest BCUT2D eigenvalue weighted by atomic mass is 10.1. The Bertz CT molecular complexity index is 354. The highest BCUT2D eigenvalue weighted by atomic mass is 127. The average Bonchev–Trinajstić information content (AvgIpc) is 2.12. The average molecular weight is 333 g/mol. The number of Topliss-reactive ketones (excluding diaryl/α,β-unsaturated/α-hetero) is 1. The molecule has 0 atom stereocenters. The fourth-order valence-electron chi connectivity index (χ4n) is 0.849. The lowest BCUT2D eigenvalue weighted by Crippen LogP contribution is -2.05. The predicted octanol–water partition coefficient (Wildman–Crippen LogP) is 3.51. The monoisotopic (exact) mass is 332 g/mol. The van der Waals surface area contributed by atoms with E-state index in [0.29, 0.717) is 0 Å². The molecule has 1 aromatic rings. The Balaban J connectivity index is 3.33. The van der Waals surface area contributed by atoms with Gasteiger partial charge in [0.15, 0.2) is 5.78 Å². The second kappa shape index (κ2) is 4.57. The van der Waals surface area contributed by atoms with Gasteiger partial charge in [0.25, 0.3) is 0 Å². The Labute approximate surface area is 98.4 Å². The molecule has 5 heteroatoms. The summed E-state index contributed by atoms with van der Waals surface area (Å²) in [6, 6.07) is 2.56. The van der Waals surface area contributed by atoms with Crippen LogP contribution >= 0.6 is 45.8 Å². The van der Waals surface area contributed by atoms with E-state index in [1.54, 1.807) is 22.6 Å². The highest BCUT2D eigenvalue weighted by Crippen LogP contribution is 2.25. The fraction of sp³-hybridized carbons (Fsp3) is 0.125. The molecule has 0 unspecified atom stereocenters. The van der Waals surface area contributed by atoms with Gasteiger partial charge in [-0.3, -0.25) is 4.79 Å². The Kier molecular flexibility index (Phi) is 3.94. The lowest BCUT2D eigenvalue weighted by molar-refractivity contribution is 0.102. The van der Waals surface area contributed by atoms with Crippen molar-refractivity contribution in [2.45, 2.75) is 0 Å². The molecule has 0 spiro atoms. The number of ketones is 1. The third kappa shape index (κ3) is 2.33. The van der Waals surface area contributed by atoms with Crippen molar-refractivity contribution in [3.8, 4) is 0 Å². The number of alkyl halides is 1. The molecule has 0 amide bonds. The first kappa shape index (κ1) is 11.2. The minimum Gasteiger partial charge on any atom is -0.293 e. The van der Waals surface area contributed by atoms with Crippen molar-refractivity contribution in [2.75, 3.05) is 5.88 Å². The van der Waals surface area contributed by atoms with Gasteiger partial charge in [0, 0.05) is 0 Å². The van der Waals surface area contributed by atoms with Crippen LogP contribution in [-0.2, 0) is 0 Å². The van der Waals surface area contributed by atoms with E-state index in [-0.39, 0.29) is 25.8 Å². The number of halogens is 4. The minimum absolute atomic E-state index is 0.164. The molecule has 0 radical (unpaired) electrons. The SMILES string of the molecule is O=C(CCl)c1c(Cl)ccc(F)c1I. The van der Waals surface area contributed by atoms with E-state index in [2.05, 4.69) is 0 Å². The summed E-state index contributed by atoms with van der Waals surface area (Å²) in [4.78, 5) is 11.2. The van der Waals surface area contributed by atoms with Crippen molar-refractivity contribution >= 4 is 51.6 Å². The highest BCUT2D eigenvalue weighted by Gasteiger charge is 2.16. The number of hydrogen-bond donors (Lipinski definition) is 0. The summed E-state index contributed by atoms with van der Waals surface area (Å²) >= 11 is 12.8. The predicted molar refractivity (Wildman–Crippen MR) is 59.2 cm³/mol. The van der Waals surface area contributed by atoms with Gasteiger partial charge in [-0.15, -0.1) is 11.6 Å². The highest BCUT2D eigenvalue weighted by molar-refractivity contribution is 14.1. The zero-order valence-electron chi connectivity index (χ0n) is 6.28. The van der Waals surface area contributed by atoms with Gasteiger partial charge in [-0.2, -0.15) is 0 Å². The largest absolute Gasteiger partial charge is 0.293 e. The van der Waals surface area contributed by atoms with E-state index in [1.165, 1.54) is 12.1 Å². The maximum atomic E-state index is 13.0. The van der Waals surface area contributed by atoms with Gasteiger partial charge in [-0.1, -0.05) is 11.6 Å². The van der Waals surface area contributed by atoms with E-state index >= 15 is 0 Å². The van der Waals surface area contributed by atoms with E-state index in [9.17, 15) is 9.18 Å². The topological polar surface area (TPSA) is 17.1 Å². The Morgan fingerprint density at radius 2 is 2.15 bits per heavy atom. The fourth-order valence-corrected chi connectivity index (χ4v) is 2.18. The minimum atomic E-state index is -0.460. The van der Waals surface area contributed by atoms with Crippen LogP contribution in [0.25, 0.3) is 0 Å². The van der Waals surface area contributed by atoms with Crippen LogP contribution in [0.15, 0.2) is 12.1 Å². The Morgan fingerprint density at radius 1 is 1.54 bits per heavy atom. The molecular weight excluding hydrogens is 329 g/mol. The third-order valence-corrected chi connectivity index (χ3v) is 3.06. The van der Waals surface area contributed by atoms with Crippen LogP contribution in [0.4, 0.5) is 4.39 Å². The van der Waals surface area contributed by atoms with Gasteiger partial charge in [0.2, 0.25) is 0 Å². The number of hydrogen-bond acceptors (Lipinski definition) is 1. The molecule has 0 heterocycles. The number of rotatable bonds is 2. The molecule has 70 valence electrons. The van der Waals surface area contributed by atoms with Gasteiger partial charge in [-0.05, 0) is 34.7 Å². The molecule has 13 heavy (non-hydrogen) atoms. The Hall–Kier alpha value is 0.130. The van der Waals surface area contributed by atoms with E-state index in [4.69, 9.17) is 23.2 Å². The molecule has 0 bridgehead atoms. The first-order chi connectivity index (χ1) is 6.07. The van der Waals surface area contributed by atoms with Crippen LogP contribution in [0.5, 0.6) is 0 Å². The second-order valence-electron chi connectivity index (χ2n) is 2.27. The van der Waals surface area contributed by atoms with Crippen molar-refractivity contribution in [2.24, 2.45) is 0 Å². The normalized spacial score (nSPS) is 10.2. The Morgan fingerprint density at radius 3 is 2.69 bits per heavy atom. The van der Waals surface area contributed by atoms with Gasteiger partial charge >= 0.3 is 0 Å². The molecule has 1 aromatic carbocycles. The zero-order chi connectivity index (χ0) is 10.0. The summed E-state index contributed by atoms with van der Waals surface area (Å²) in [7, 11) is 0. The lowest BCUT2D eigenvalue weighted by Gasteiger charge is -2.04. The van der Waals surface area contributed by atoms with Crippen molar-refractivity contribution in [3.63, 3.8) is 0 Å². The quantitative estimate of drug-likeness (QED) is 0.350. The molecule has 0 aliphatic carbocycles. The van der Waals surface area contributed by atoms with Gasteiger partial charge < -0.3 is 0 Å². The molecule has 1 rings (SSSR count). The van der Waals surface area contributed by atoms with Crippen LogP contribution < -0.4 is 0 Å². The summed E-state index contributed by atoms with van der Waals surface area (Å²) in [6.45, 7) is 0. The van der Waals surface area contributed by atoms with Gasteiger partial charge in [-0.25, -0.2) is 4.39 Å². The number of carbonyl (C=O) groups excluding carboxylic acids is 1. The second-order valence-corrected chi connectivity index (χ2v) is 4.03.